The summed E-state index contributed by atoms with van der Waals surface area (Å²) in [6, 6.07) is 3.04. The van der Waals surface area contributed by atoms with Crippen LogP contribution in [0.15, 0.2) is 12.1 Å². The third-order valence-electron chi connectivity index (χ3n) is 2.64. The van der Waals surface area contributed by atoms with Crippen molar-refractivity contribution in [1.82, 2.24) is 0 Å². The van der Waals surface area contributed by atoms with Crippen LogP contribution in [-0.2, 0) is 6.42 Å². The maximum Gasteiger partial charge on any atom is 0.127 e. The Kier molecular flexibility index (Phi) is 4.74. The zero-order valence-corrected chi connectivity index (χ0v) is 10.2. The monoisotopic (exact) mass is 225 g/mol. The lowest BCUT2D eigenvalue weighted by atomic mass is 9.93. The van der Waals surface area contributed by atoms with Gasteiger partial charge in [-0.05, 0) is 36.9 Å². The molecule has 0 amide bonds. The van der Waals surface area contributed by atoms with E-state index in [0.29, 0.717) is 18.2 Å². The molecule has 0 atom stereocenters. The highest BCUT2D eigenvalue weighted by Gasteiger charge is 2.14. The van der Waals surface area contributed by atoms with Crippen LogP contribution in [0.3, 0.4) is 0 Å². The van der Waals surface area contributed by atoms with Crippen LogP contribution in [0.4, 0.5) is 4.39 Å². The zero-order chi connectivity index (χ0) is 12.1. The van der Waals surface area contributed by atoms with Crippen molar-refractivity contribution in [3.63, 3.8) is 0 Å². The average molecular weight is 225 g/mol. The predicted molar refractivity (Wildman–Crippen MR) is 64.4 cm³/mol. The molecule has 0 unspecified atom stereocenters. The van der Waals surface area contributed by atoms with E-state index in [2.05, 4.69) is 13.8 Å². The molecule has 90 valence electrons. The first-order chi connectivity index (χ1) is 7.60. The first-order valence-corrected chi connectivity index (χ1v) is 5.66. The molecule has 0 heterocycles. The summed E-state index contributed by atoms with van der Waals surface area (Å²) in [6.45, 7) is 4.79. The van der Waals surface area contributed by atoms with E-state index < -0.39 is 0 Å². The first-order valence-electron chi connectivity index (χ1n) is 5.66. The molecule has 0 aliphatic rings. The summed E-state index contributed by atoms with van der Waals surface area (Å²) in [5, 5.41) is 0. The number of aryl methyl sites for hydroxylation is 1. The van der Waals surface area contributed by atoms with Crippen LogP contribution in [0, 0.1) is 5.82 Å². The Morgan fingerprint density at radius 1 is 1.38 bits per heavy atom. The Labute approximate surface area is 96.6 Å². The standard InChI is InChI=1S/C13H20FNO/c1-9(2)13-10(5-4-6-15)7-11(14)8-12(13)16-3/h7-9H,4-6,15H2,1-3H3. The van der Waals surface area contributed by atoms with Gasteiger partial charge in [0.15, 0.2) is 0 Å². The van der Waals surface area contributed by atoms with Crippen molar-refractivity contribution >= 4 is 0 Å². The topological polar surface area (TPSA) is 35.2 Å². The normalized spacial score (nSPS) is 10.9. The molecule has 0 spiro atoms. The number of rotatable bonds is 5. The molecule has 2 nitrogen and oxygen atoms in total. The molecule has 0 bridgehead atoms. The van der Waals surface area contributed by atoms with Crippen LogP contribution in [0.2, 0.25) is 0 Å². The lowest BCUT2D eigenvalue weighted by Crippen LogP contribution is -2.05. The number of methoxy groups -OCH3 is 1. The highest BCUT2D eigenvalue weighted by molar-refractivity contribution is 5.43. The Bertz CT molecular complexity index is 350. The van der Waals surface area contributed by atoms with Gasteiger partial charge in [-0.25, -0.2) is 4.39 Å². The van der Waals surface area contributed by atoms with Crippen LogP contribution in [0.1, 0.15) is 37.3 Å². The molecule has 1 aromatic rings. The average Bonchev–Trinajstić information content (AvgIpc) is 2.24. The highest BCUT2D eigenvalue weighted by atomic mass is 19.1. The minimum atomic E-state index is -0.242. The van der Waals surface area contributed by atoms with E-state index >= 15 is 0 Å². The van der Waals surface area contributed by atoms with Gasteiger partial charge in [0.05, 0.1) is 7.11 Å². The van der Waals surface area contributed by atoms with Crippen molar-refractivity contribution in [3.05, 3.63) is 29.1 Å². The molecule has 0 radical (unpaired) electrons. The Morgan fingerprint density at radius 2 is 2.06 bits per heavy atom. The Hall–Kier alpha value is -1.09. The fourth-order valence-electron chi connectivity index (χ4n) is 1.97. The molecule has 0 aromatic heterocycles. The molecule has 0 aliphatic carbocycles. The molecule has 0 saturated carbocycles. The van der Waals surface area contributed by atoms with Gasteiger partial charge in [0.25, 0.3) is 0 Å². The molecule has 0 fully saturated rings. The van der Waals surface area contributed by atoms with Crippen LogP contribution in [0.25, 0.3) is 0 Å². The smallest absolute Gasteiger partial charge is 0.127 e. The van der Waals surface area contributed by atoms with E-state index in [0.717, 1.165) is 24.0 Å². The van der Waals surface area contributed by atoms with Gasteiger partial charge in [-0.3, -0.25) is 0 Å². The van der Waals surface area contributed by atoms with Gasteiger partial charge in [0, 0.05) is 11.6 Å². The minimum Gasteiger partial charge on any atom is -0.496 e. The summed E-state index contributed by atoms with van der Waals surface area (Å²) in [7, 11) is 1.58. The van der Waals surface area contributed by atoms with Crippen molar-refractivity contribution in [3.8, 4) is 5.75 Å². The van der Waals surface area contributed by atoms with Gasteiger partial charge < -0.3 is 10.5 Å². The highest BCUT2D eigenvalue weighted by Crippen LogP contribution is 2.31. The largest absolute Gasteiger partial charge is 0.496 e. The van der Waals surface area contributed by atoms with Crippen molar-refractivity contribution in [1.29, 1.82) is 0 Å². The second-order valence-electron chi connectivity index (χ2n) is 4.23. The molecule has 0 saturated heterocycles. The quantitative estimate of drug-likeness (QED) is 0.836. The van der Waals surface area contributed by atoms with Crippen molar-refractivity contribution in [2.75, 3.05) is 13.7 Å². The molecule has 0 aliphatic heterocycles. The maximum absolute atomic E-state index is 13.4. The van der Waals surface area contributed by atoms with E-state index in [1.54, 1.807) is 13.2 Å². The number of nitrogens with two attached hydrogens (primary N) is 1. The molecule has 1 rings (SSSR count). The van der Waals surface area contributed by atoms with Gasteiger partial charge in [0.1, 0.15) is 11.6 Å². The molecule has 1 aromatic carbocycles. The van der Waals surface area contributed by atoms with Crippen molar-refractivity contribution < 1.29 is 9.13 Å². The predicted octanol–water partition coefficient (Wildman–Crippen LogP) is 2.85. The number of hydrogen-bond donors (Lipinski definition) is 1. The number of halogens is 1. The van der Waals surface area contributed by atoms with Crippen LogP contribution in [-0.4, -0.2) is 13.7 Å². The van der Waals surface area contributed by atoms with Gasteiger partial charge in [-0.15, -0.1) is 0 Å². The van der Waals surface area contributed by atoms with E-state index in [-0.39, 0.29) is 5.82 Å². The SMILES string of the molecule is COc1cc(F)cc(CCCN)c1C(C)C. The first kappa shape index (κ1) is 13.0. The third-order valence-corrected chi connectivity index (χ3v) is 2.64. The van der Waals surface area contributed by atoms with Gasteiger partial charge in [-0.2, -0.15) is 0 Å². The van der Waals surface area contributed by atoms with Crippen LogP contribution >= 0.6 is 0 Å². The lowest BCUT2D eigenvalue weighted by Gasteiger charge is -2.17. The summed E-state index contributed by atoms with van der Waals surface area (Å²) >= 11 is 0. The van der Waals surface area contributed by atoms with Crippen molar-refractivity contribution in [2.45, 2.75) is 32.6 Å². The summed E-state index contributed by atoms with van der Waals surface area (Å²) in [4.78, 5) is 0. The van der Waals surface area contributed by atoms with Gasteiger partial charge in [0.2, 0.25) is 0 Å². The number of benzene rings is 1. The lowest BCUT2D eigenvalue weighted by molar-refractivity contribution is 0.402. The van der Waals surface area contributed by atoms with Crippen LogP contribution in [0.5, 0.6) is 5.75 Å². The van der Waals surface area contributed by atoms with E-state index in [9.17, 15) is 4.39 Å². The van der Waals surface area contributed by atoms with E-state index in [1.807, 2.05) is 0 Å². The fraction of sp³-hybridized carbons (Fsp3) is 0.538. The molecule has 16 heavy (non-hydrogen) atoms. The second kappa shape index (κ2) is 5.85. The molecular formula is C13H20FNO. The molecule has 3 heteroatoms. The Morgan fingerprint density at radius 3 is 2.56 bits per heavy atom. The second-order valence-corrected chi connectivity index (χ2v) is 4.23. The fourth-order valence-corrected chi connectivity index (χ4v) is 1.97. The maximum atomic E-state index is 13.4. The van der Waals surface area contributed by atoms with E-state index in [4.69, 9.17) is 10.5 Å². The van der Waals surface area contributed by atoms with Gasteiger partial charge in [-0.1, -0.05) is 13.8 Å². The van der Waals surface area contributed by atoms with E-state index in [1.165, 1.54) is 6.07 Å². The van der Waals surface area contributed by atoms with Gasteiger partial charge >= 0.3 is 0 Å². The minimum absolute atomic E-state index is 0.242. The summed E-state index contributed by atoms with van der Waals surface area (Å²) in [6.07, 6.45) is 1.67. The zero-order valence-electron chi connectivity index (χ0n) is 10.2. The summed E-state index contributed by atoms with van der Waals surface area (Å²) in [5.74, 6) is 0.721. The summed E-state index contributed by atoms with van der Waals surface area (Å²) < 4.78 is 18.6. The number of ether oxygens (including phenoxy) is 1. The molecular weight excluding hydrogens is 205 g/mol. The summed E-state index contributed by atoms with van der Waals surface area (Å²) in [5.41, 5.74) is 7.59. The number of hydrogen-bond acceptors (Lipinski definition) is 2. The van der Waals surface area contributed by atoms with Crippen molar-refractivity contribution in [2.24, 2.45) is 5.73 Å². The molecule has 2 N–H and O–H groups in total. The Balaban J connectivity index is 3.15. The van der Waals surface area contributed by atoms with Crippen LogP contribution < -0.4 is 10.5 Å². The third kappa shape index (κ3) is 2.95.